The number of hydrogen-bond acceptors (Lipinski definition) is 2. The van der Waals surface area contributed by atoms with Crippen LogP contribution in [0.2, 0.25) is 0 Å². The zero-order valence-corrected chi connectivity index (χ0v) is 9.44. The third-order valence-corrected chi connectivity index (χ3v) is 3.38. The van der Waals surface area contributed by atoms with Gasteiger partial charge in [-0.25, -0.2) is 0 Å². The Morgan fingerprint density at radius 1 is 1.38 bits per heavy atom. The third kappa shape index (κ3) is 1.39. The standard InChI is InChI=1S/C13H16N2O/c1-16-12-4-5-13-9(7-12)6-11-3-2-10(14)8-15(11)13/h4-7,10H,2-3,8,14H2,1H3. The van der Waals surface area contributed by atoms with E-state index in [4.69, 9.17) is 10.5 Å². The van der Waals surface area contributed by atoms with Gasteiger partial charge in [-0.15, -0.1) is 0 Å². The lowest BCUT2D eigenvalue weighted by Gasteiger charge is -2.21. The van der Waals surface area contributed by atoms with Crippen LogP contribution in [0.1, 0.15) is 12.1 Å². The van der Waals surface area contributed by atoms with Gasteiger partial charge in [0.2, 0.25) is 0 Å². The lowest BCUT2D eigenvalue weighted by Crippen LogP contribution is -2.31. The first kappa shape index (κ1) is 9.73. The highest BCUT2D eigenvalue weighted by Gasteiger charge is 2.17. The second kappa shape index (κ2) is 3.52. The zero-order valence-electron chi connectivity index (χ0n) is 9.44. The molecule has 1 atom stereocenters. The first-order valence-electron chi connectivity index (χ1n) is 5.69. The number of ether oxygens (including phenoxy) is 1. The van der Waals surface area contributed by atoms with Crippen LogP contribution < -0.4 is 10.5 Å². The van der Waals surface area contributed by atoms with E-state index >= 15 is 0 Å². The molecule has 1 aromatic heterocycles. The van der Waals surface area contributed by atoms with Crippen LogP contribution in [0.25, 0.3) is 10.9 Å². The molecule has 0 saturated carbocycles. The van der Waals surface area contributed by atoms with Crippen molar-refractivity contribution < 1.29 is 4.74 Å². The Bertz CT molecular complexity index is 530. The monoisotopic (exact) mass is 216 g/mol. The Balaban J connectivity index is 2.17. The topological polar surface area (TPSA) is 40.2 Å². The Morgan fingerprint density at radius 2 is 2.25 bits per heavy atom. The molecule has 16 heavy (non-hydrogen) atoms. The van der Waals surface area contributed by atoms with Crippen LogP contribution in [-0.2, 0) is 13.0 Å². The van der Waals surface area contributed by atoms with Crippen molar-refractivity contribution in [2.75, 3.05) is 7.11 Å². The molecule has 0 amide bonds. The molecule has 3 heteroatoms. The average Bonchev–Trinajstić information content (AvgIpc) is 2.66. The molecular formula is C13H16N2O. The largest absolute Gasteiger partial charge is 0.497 e. The van der Waals surface area contributed by atoms with E-state index in [9.17, 15) is 0 Å². The maximum atomic E-state index is 6.01. The summed E-state index contributed by atoms with van der Waals surface area (Å²) in [4.78, 5) is 0. The smallest absolute Gasteiger partial charge is 0.119 e. The molecule has 3 rings (SSSR count). The van der Waals surface area contributed by atoms with Crippen molar-refractivity contribution >= 4 is 10.9 Å². The number of aryl methyl sites for hydroxylation is 1. The van der Waals surface area contributed by atoms with Crippen LogP contribution in [0.3, 0.4) is 0 Å². The van der Waals surface area contributed by atoms with E-state index in [1.165, 1.54) is 16.6 Å². The zero-order chi connectivity index (χ0) is 11.1. The molecule has 0 aliphatic carbocycles. The van der Waals surface area contributed by atoms with Gasteiger partial charge in [0.1, 0.15) is 5.75 Å². The first-order valence-corrected chi connectivity index (χ1v) is 5.69. The van der Waals surface area contributed by atoms with Crippen molar-refractivity contribution in [3.05, 3.63) is 30.0 Å². The number of methoxy groups -OCH3 is 1. The van der Waals surface area contributed by atoms with E-state index in [0.717, 1.165) is 25.1 Å². The number of hydrogen-bond donors (Lipinski definition) is 1. The molecule has 2 N–H and O–H groups in total. The molecule has 2 aromatic rings. The molecular weight excluding hydrogens is 200 g/mol. The second-order valence-corrected chi connectivity index (χ2v) is 4.47. The van der Waals surface area contributed by atoms with Gasteiger partial charge in [0.25, 0.3) is 0 Å². The van der Waals surface area contributed by atoms with Crippen molar-refractivity contribution in [2.24, 2.45) is 5.73 Å². The van der Waals surface area contributed by atoms with Crippen molar-refractivity contribution in [3.8, 4) is 5.75 Å². The lowest BCUT2D eigenvalue weighted by atomic mass is 10.1. The van der Waals surface area contributed by atoms with E-state index in [1.54, 1.807) is 7.11 Å². The number of nitrogens with zero attached hydrogens (tertiary/aromatic N) is 1. The van der Waals surface area contributed by atoms with E-state index < -0.39 is 0 Å². The first-order chi connectivity index (χ1) is 7.78. The number of fused-ring (bicyclic) bond motifs is 3. The van der Waals surface area contributed by atoms with Gasteiger partial charge in [-0.1, -0.05) is 0 Å². The van der Waals surface area contributed by atoms with Gasteiger partial charge in [0.15, 0.2) is 0 Å². The molecule has 84 valence electrons. The Labute approximate surface area is 94.8 Å². The molecule has 0 saturated heterocycles. The molecule has 3 nitrogen and oxygen atoms in total. The molecule has 1 aliphatic heterocycles. The number of benzene rings is 1. The fourth-order valence-corrected chi connectivity index (χ4v) is 2.51. The second-order valence-electron chi connectivity index (χ2n) is 4.47. The molecule has 1 unspecified atom stereocenters. The van der Waals surface area contributed by atoms with Crippen LogP contribution in [0, 0.1) is 0 Å². The van der Waals surface area contributed by atoms with Crippen molar-refractivity contribution in [2.45, 2.75) is 25.4 Å². The minimum Gasteiger partial charge on any atom is -0.497 e. The van der Waals surface area contributed by atoms with Gasteiger partial charge in [-0.3, -0.25) is 0 Å². The van der Waals surface area contributed by atoms with Gasteiger partial charge in [-0.05, 0) is 37.1 Å². The fraction of sp³-hybridized carbons (Fsp3) is 0.385. The van der Waals surface area contributed by atoms with E-state index in [2.05, 4.69) is 22.8 Å². The minimum atomic E-state index is 0.296. The summed E-state index contributed by atoms with van der Waals surface area (Å²) >= 11 is 0. The highest BCUT2D eigenvalue weighted by molar-refractivity contribution is 5.83. The predicted octanol–water partition coefficient (Wildman–Crippen LogP) is 1.92. The van der Waals surface area contributed by atoms with E-state index in [0.29, 0.717) is 6.04 Å². The van der Waals surface area contributed by atoms with Gasteiger partial charge in [0, 0.05) is 29.2 Å². The Kier molecular flexibility index (Phi) is 2.14. The number of rotatable bonds is 1. The van der Waals surface area contributed by atoms with E-state index in [1.807, 2.05) is 6.07 Å². The minimum absolute atomic E-state index is 0.296. The van der Waals surface area contributed by atoms with Crippen LogP contribution in [0.4, 0.5) is 0 Å². The third-order valence-electron chi connectivity index (χ3n) is 3.38. The Hall–Kier alpha value is -1.48. The fourth-order valence-electron chi connectivity index (χ4n) is 2.51. The summed E-state index contributed by atoms with van der Waals surface area (Å²) in [5, 5.41) is 1.25. The maximum Gasteiger partial charge on any atom is 0.119 e. The number of aromatic nitrogens is 1. The highest BCUT2D eigenvalue weighted by Crippen LogP contribution is 2.27. The normalized spacial score (nSPS) is 19.8. The van der Waals surface area contributed by atoms with Crippen molar-refractivity contribution in [1.82, 2.24) is 4.57 Å². The van der Waals surface area contributed by atoms with Crippen molar-refractivity contribution in [3.63, 3.8) is 0 Å². The molecule has 1 aliphatic rings. The van der Waals surface area contributed by atoms with Crippen molar-refractivity contribution in [1.29, 1.82) is 0 Å². The summed E-state index contributed by atoms with van der Waals surface area (Å²) in [6.07, 6.45) is 2.17. The summed E-state index contributed by atoms with van der Waals surface area (Å²) in [5.74, 6) is 0.916. The average molecular weight is 216 g/mol. The highest BCUT2D eigenvalue weighted by atomic mass is 16.5. The van der Waals surface area contributed by atoms with Crippen LogP contribution in [-0.4, -0.2) is 17.7 Å². The summed E-state index contributed by atoms with van der Waals surface area (Å²) in [6.45, 7) is 0.936. The summed E-state index contributed by atoms with van der Waals surface area (Å²) < 4.78 is 7.58. The summed E-state index contributed by atoms with van der Waals surface area (Å²) in [6, 6.07) is 8.77. The summed E-state index contributed by atoms with van der Waals surface area (Å²) in [7, 11) is 1.70. The molecule has 1 aromatic carbocycles. The quantitative estimate of drug-likeness (QED) is 0.791. The van der Waals surface area contributed by atoms with Crippen LogP contribution in [0.5, 0.6) is 5.75 Å². The summed E-state index contributed by atoms with van der Waals surface area (Å²) in [5.41, 5.74) is 8.67. The van der Waals surface area contributed by atoms with E-state index in [-0.39, 0.29) is 0 Å². The predicted molar refractivity (Wildman–Crippen MR) is 64.8 cm³/mol. The molecule has 2 heterocycles. The SMILES string of the molecule is COc1ccc2c(c1)cc1n2CC(N)CC1. The van der Waals surface area contributed by atoms with Gasteiger partial charge < -0.3 is 15.0 Å². The van der Waals surface area contributed by atoms with Gasteiger partial charge in [0.05, 0.1) is 7.11 Å². The van der Waals surface area contributed by atoms with Crippen LogP contribution >= 0.6 is 0 Å². The molecule has 0 spiro atoms. The molecule has 0 bridgehead atoms. The number of nitrogens with two attached hydrogens (primary N) is 1. The molecule has 0 radical (unpaired) electrons. The lowest BCUT2D eigenvalue weighted by molar-refractivity contribution is 0.415. The maximum absolute atomic E-state index is 6.01. The molecule has 0 fully saturated rings. The van der Waals surface area contributed by atoms with Gasteiger partial charge >= 0.3 is 0 Å². The van der Waals surface area contributed by atoms with Gasteiger partial charge in [-0.2, -0.15) is 0 Å². The van der Waals surface area contributed by atoms with Crippen LogP contribution in [0.15, 0.2) is 24.3 Å². The Morgan fingerprint density at radius 3 is 3.06 bits per heavy atom.